The van der Waals surface area contributed by atoms with Crippen molar-refractivity contribution in [3.05, 3.63) is 0 Å². The van der Waals surface area contributed by atoms with Crippen molar-refractivity contribution in [3.8, 4) is 0 Å². The topological polar surface area (TPSA) is 142 Å². The smallest absolute Gasteiger partial charge is 0.311 e. The van der Waals surface area contributed by atoms with Crippen molar-refractivity contribution in [2.45, 2.75) is 314 Å². The highest BCUT2D eigenvalue weighted by atomic mass is 16.7. The van der Waals surface area contributed by atoms with Crippen LogP contribution < -0.4 is 0 Å². The number of carbonyl (C=O) groups is 4. The molecule has 0 spiro atoms. The fraction of sp³-hybridized carbons (Fsp3) is 0.953. The highest BCUT2D eigenvalue weighted by Gasteiger charge is 2.61. The van der Waals surface area contributed by atoms with Gasteiger partial charge in [0.15, 0.2) is 27.2 Å². The van der Waals surface area contributed by atoms with Gasteiger partial charge in [0, 0.05) is 0 Å². The van der Waals surface area contributed by atoms with Crippen molar-refractivity contribution < 1.29 is 57.1 Å². The van der Waals surface area contributed by atoms with Gasteiger partial charge in [-0.15, -0.1) is 0 Å². The number of carbonyl (C=O) groups excluding carboxylic acids is 4. The van der Waals surface area contributed by atoms with Crippen molar-refractivity contribution in [1.29, 1.82) is 0 Å². The third kappa shape index (κ3) is 17.3. The minimum absolute atomic E-state index is 0.00619. The van der Waals surface area contributed by atoms with Crippen LogP contribution >= 0.6 is 0 Å². The number of esters is 4. The molecule has 560 valence electrons. The molecule has 98 heavy (non-hydrogen) atoms. The first kappa shape index (κ1) is 76.8. The molecule has 16 fully saturated rings. The van der Waals surface area contributed by atoms with Crippen LogP contribution in [0.15, 0.2) is 0 Å². The predicted molar refractivity (Wildman–Crippen MR) is 386 cm³/mol. The van der Waals surface area contributed by atoms with Crippen LogP contribution in [0.25, 0.3) is 0 Å². The average molecular weight is 1370 g/mol. The molecular weight excluding hydrogens is 1220 g/mol. The summed E-state index contributed by atoms with van der Waals surface area (Å²) in [5.41, 5.74) is 1.52. The molecule has 0 aromatic rings. The van der Waals surface area contributed by atoms with Gasteiger partial charge in [-0.25, -0.2) is 0 Å². The summed E-state index contributed by atoms with van der Waals surface area (Å²) in [5, 5.41) is 0. The first-order valence-electron chi connectivity index (χ1n) is 42.0. The molecule has 0 N–H and O–H groups in total. The maximum atomic E-state index is 12.5. The fourth-order valence-electron chi connectivity index (χ4n) is 26.5. The third-order valence-corrected chi connectivity index (χ3v) is 31.9. The highest BCUT2D eigenvalue weighted by molar-refractivity contribution is 5.74. The SMILES string of the molecule is CCC1CC(CC)C(C(=O)OCOC2C3(C)CCC(C3)C2(C)C)C1.CCC1CC(CC)C(C(=O)OCOCC2(C)C3CC4CC(C3)CC2C4)C1.CCC1CC(CC)C(C(=O)OCOCC2(C)CC3CCC2C3)C1.CCC1CC(CC)C(C(=O)OCOCC23CC4CC(CC(C4)C2)C3)C1. The van der Waals surface area contributed by atoms with E-state index in [1.807, 2.05) is 0 Å². The number of ether oxygens (including phenoxy) is 8. The lowest BCUT2D eigenvalue weighted by molar-refractivity contribution is -0.184. The van der Waals surface area contributed by atoms with Crippen LogP contribution in [-0.2, 0) is 57.1 Å². The summed E-state index contributed by atoms with van der Waals surface area (Å²) in [7, 11) is 0. The van der Waals surface area contributed by atoms with Gasteiger partial charge in [-0.05, 0) is 294 Å². The molecule has 16 rings (SSSR count). The first-order chi connectivity index (χ1) is 47.0. The largest absolute Gasteiger partial charge is 0.438 e. The Morgan fingerprint density at radius 3 is 1.07 bits per heavy atom. The number of fused-ring (bicyclic) bond motifs is 4. The lowest BCUT2D eigenvalue weighted by Crippen LogP contribution is -2.53. The summed E-state index contributed by atoms with van der Waals surface area (Å²) in [4.78, 5) is 50.0. The van der Waals surface area contributed by atoms with E-state index in [-0.39, 0.29) is 91.7 Å². The van der Waals surface area contributed by atoms with Crippen LogP contribution in [0, 0.1) is 157 Å². The van der Waals surface area contributed by atoms with Gasteiger partial charge in [0.1, 0.15) is 0 Å². The van der Waals surface area contributed by atoms with Crippen LogP contribution in [0.3, 0.4) is 0 Å². The van der Waals surface area contributed by atoms with E-state index in [0.29, 0.717) is 63.6 Å². The fourth-order valence-corrected chi connectivity index (χ4v) is 26.5. The lowest BCUT2D eigenvalue weighted by atomic mass is 9.46. The molecule has 16 saturated carbocycles. The number of rotatable bonds is 27. The van der Waals surface area contributed by atoms with Crippen molar-refractivity contribution in [2.24, 2.45) is 157 Å². The summed E-state index contributed by atoms with van der Waals surface area (Å²) in [6.07, 6.45) is 42.9. The van der Waals surface area contributed by atoms with Crippen molar-refractivity contribution >= 4 is 23.9 Å². The molecule has 18 unspecified atom stereocenters. The summed E-state index contributed by atoms with van der Waals surface area (Å²) in [6.45, 7) is 32.5. The monoisotopic (exact) mass is 1370 g/mol. The molecule has 18 atom stereocenters. The third-order valence-electron chi connectivity index (χ3n) is 31.9. The molecule has 0 saturated heterocycles. The van der Waals surface area contributed by atoms with Gasteiger partial charge < -0.3 is 37.9 Å². The van der Waals surface area contributed by atoms with E-state index in [2.05, 4.69) is 90.0 Å². The molecule has 0 heterocycles. The Balaban J connectivity index is 0.000000132. The van der Waals surface area contributed by atoms with Crippen molar-refractivity contribution in [2.75, 3.05) is 47.0 Å². The predicted octanol–water partition coefficient (Wildman–Crippen LogP) is 20.6. The molecule has 0 radical (unpaired) electrons. The zero-order valence-electron chi connectivity index (χ0n) is 64.7. The number of hydrogen-bond donors (Lipinski definition) is 0. The number of hydrogen-bond acceptors (Lipinski definition) is 12. The van der Waals surface area contributed by atoms with E-state index < -0.39 is 0 Å². The molecule has 16 aliphatic carbocycles. The molecule has 12 heteroatoms. The van der Waals surface area contributed by atoms with Gasteiger partial charge in [0.25, 0.3) is 0 Å². The van der Waals surface area contributed by atoms with Crippen LogP contribution in [0.4, 0.5) is 0 Å². The summed E-state index contributed by atoms with van der Waals surface area (Å²) in [6, 6.07) is 0. The van der Waals surface area contributed by atoms with Gasteiger partial charge in [0.05, 0.1) is 49.6 Å². The van der Waals surface area contributed by atoms with E-state index >= 15 is 0 Å². The molecule has 0 aromatic heterocycles. The molecule has 0 aliphatic heterocycles. The lowest BCUT2D eigenvalue weighted by Gasteiger charge is -2.60. The first-order valence-corrected chi connectivity index (χ1v) is 42.0. The van der Waals surface area contributed by atoms with Crippen LogP contribution in [-0.4, -0.2) is 77.0 Å². The van der Waals surface area contributed by atoms with Gasteiger partial charge in [-0.2, -0.15) is 0 Å². The molecule has 0 aromatic carbocycles. The van der Waals surface area contributed by atoms with Crippen LogP contribution in [0.5, 0.6) is 0 Å². The highest BCUT2D eigenvalue weighted by Crippen LogP contribution is 2.65. The second-order valence-electron chi connectivity index (χ2n) is 38.4. The maximum Gasteiger partial charge on any atom is 0.311 e. The minimum Gasteiger partial charge on any atom is -0.438 e. The van der Waals surface area contributed by atoms with Crippen molar-refractivity contribution in [3.63, 3.8) is 0 Å². The van der Waals surface area contributed by atoms with Crippen LogP contribution in [0.1, 0.15) is 308 Å². The zero-order valence-corrected chi connectivity index (χ0v) is 64.7. The second-order valence-corrected chi connectivity index (χ2v) is 38.4. The van der Waals surface area contributed by atoms with Crippen LogP contribution in [0.2, 0.25) is 0 Å². The molecular formula is C86H144O12. The normalized spacial score (nSPS) is 44.4. The minimum atomic E-state index is -0.0242. The van der Waals surface area contributed by atoms with E-state index in [1.165, 1.54) is 167 Å². The Morgan fingerprint density at radius 2 is 0.714 bits per heavy atom. The van der Waals surface area contributed by atoms with E-state index in [0.717, 1.165) is 130 Å². The Hall–Kier alpha value is -2.28. The molecule has 12 nitrogen and oxygen atoms in total. The maximum absolute atomic E-state index is 12.5. The summed E-state index contributed by atoms with van der Waals surface area (Å²) < 4.78 is 46.0. The molecule has 0 amide bonds. The molecule has 16 aliphatic rings. The standard InChI is InChI=1S/C23H38O3.C22H36O3.C21H36O3.C20H34O3/c1-4-15-7-18(5-2)21(12-15)22(24)26-14-25-13-23(3)19-8-16-6-17(10-19)11-20(23)9-16;1-3-15-8-19(4-2)20(9-15)21(23)25-14-24-13-22-10-16-5-17(11-22)7-18(6-16)12-22;1-6-14-10-15(7-2)17(11-14)18(22)23-13-24-19-20(3,4)16-8-9-21(19,5)12-16;1-4-14-8-16(5-2)18(10-14)19(21)23-13-22-12-20(3)11-15-6-7-17(20)9-15/h15-21H,4-14H2,1-3H3;15-20H,3-14H2,1-2H3;14-17,19H,6-13H2,1-5H3;14-18H,4-13H2,1-3H3. The quantitative estimate of drug-likeness (QED) is 0.0334. The molecule has 12 bridgehead atoms. The van der Waals surface area contributed by atoms with Gasteiger partial charge >= 0.3 is 23.9 Å². The zero-order chi connectivity index (χ0) is 69.7. The Kier molecular flexibility index (Phi) is 26.2. The summed E-state index contributed by atoms with van der Waals surface area (Å²) >= 11 is 0. The van der Waals surface area contributed by atoms with Gasteiger partial charge in [0.2, 0.25) is 0 Å². The second kappa shape index (κ2) is 33.4. The van der Waals surface area contributed by atoms with Gasteiger partial charge in [-0.3, -0.25) is 19.2 Å². The Morgan fingerprint density at radius 1 is 0.337 bits per heavy atom. The summed E-state index contributed by atoms with van der Waals surface area (Å²) in [5.74, 6) is 14.2. The van der Waals surface area contributed by atoms with Gasteiger partial charge in [-0.1, -0.05) is 148 Å². The Bertz CT molecular complexity index is 2510. The van der Waals surface area contributed by atoms with Crippen molar-refractivity contribution in [1.82, 2.24) is 0 Å². The van der Waals surface area contributed by atoms with E-state index in [9.17, 15) is 19.2 Å². The Labute approximate surface area is 596 Å². The average Bonchev–Trinajstić information content (AvgIpc) is 1.37. The van der Waals surface area contributed by atoms with E-state index in [1.54, 1.807) is 0 Å². The van der Waals surface area contributed by atoms with E-state index in [4.69, 9.17) is 37.9 Å².